The predicted octanol–water partition coefficient (Wildman–Crippen LogP) is 2.52. The van der Waals surface area contributed by atoms with Gasteiger partial charge in [-0.1, -0.05) is 12.1 Å². The average molecular weight is 378 g/mol. The summed E-state index contributed by atoms with van der Waals surface area (Å²) in [5.74, 6) is -0.247. The lowest BCUT2D eigenvalue weighted by Gasteiger charge is -2.28. The Morgan fingerprint density at radius 2 is 2.00 bits per heavy atom. The van der Waals surface area contributed by atoms with E-state index in [1.54, 1.807) is 39.0 Å². The summed E-state index contributed by atoms with van der Waals surface area (Å²) in [6.07, 6.45) is 0.840. The lowest BCUT2D eigenvalue weighted by atomic mass is 10.2. The van der Waals surface area contributed by atoms with Crippen LogP contribution in [0.5, 0.6) is 0 Å². The lowest BCUT2D eigenvalue weighted by Crippen LogP contribution is -2.48. The van der Waals surface area contributed by atoms with Gasteiger partial charge in [0.15, 0.2) is 0 Å². The smallest absolute Gasteiger partial charge is 0.410 e. The maximum absolute atomic E-state index is 12.4. The van der Waals surface area contributed by atoms with Crippen molar-refractivity contribution in [3.05, 3.63) is 34.4 Å². The number of hydrogen-bond acceptors (Lipinski definition) is 6. The van der Waals surface area contributed by atoms with Crippen LogP contribution in [0.25, 0.3) is 0 Å². The van der Waals surface area contributed by atoms with Gasteiger partial charge in [-0.15, -0.1) is 0 Å². The molecular formula is C18H26N4O5. The van der Waals surface area contributed by atoms with E-state index in [1.165, 1.54) is 11.0 Å². The molecule has 1 aromatic rings. The van der Waals surface area contributed by atoms with Gasteiger partial charge in [0.05, 0.1) is 4.92 Å². The van der Waals surface area contributed by atoms with E-state index in [4.69, 9.17) is 4.74 Å². The molecule has 0 aliphatic carbocycles. The Morgan fingerprint density at radius 3 is 2.67 bits per heavy atom. The molecule has 1 aromatic carbocycles. The number of ether oxygens (including phenoxy) is 1. The van der Waals surface area contributed by atoms with Gasteiger partial charge in [0.2, 0.25) is 5.91 Å². The van der Waals surface area contributed by atoms with Crippen LogP contribution in [0.2, 0.25) is 0 Å². The van der Waals surface area contributed by atoms with E-state index >= 15 is 0 Å². The molecule has 0 aromatic heterocycles. The van der Waals surface area contributed by atoms with Crippen LogP contribution in [0.1, 0.15) is 33.6 Å². The normalized spacial score (nSPS) is 16.7. The number of benzene rings is 1. The third-order valence-corrected chi connectivity index (χ3v) is 4.02. The van der Waals surface area contributed by atoms with Crippen molar-refractivity contribution >= 4 is 23.4 Å². The van der Waals surface area contributed by atoms with Gasteiger partial charge in [0.25, 0.3) is 5.69 Å². The number of anilines is 1. The standard InChI is InChI=1S/C18H26N4O5/c1-18(2,3)27-17(24)21-12-6-9-15(21)16(23)20-11-10-19-13-7-4-5-8-14(13)22(25)26/h4-5,7-8,15,19H,6,9-12H2,1-3H3,(H,20,23). The molecule has 148 valence electrons. The highest BCUT2D eigenvalue weighted by Gasteiger charge is 2.36. The fraction of sp³-hybridized carbons (Fsp3) is 0.556. The number of rotatable bonds is 6. The number of nitro benzene ring substituents is 1. The molecule has 1 atom stereocenters. The van der Waals surface area contributed by atoms with E-state index in [-0.39, 0.29) is 18.1 Å². The first-order valence-corrected chi connectivity index (χ1v) is 8.93. The van der Waals surface area contributed by atoms with Gasteiger partial charge in [0.1, 0.15) is 17.3 Å². The molecule has 0 spiro atoms. The molecule has 1 fully saturated rings. The number of nitro groups is 1. The number of amides is 2. The second-order valence-corrected chi connectivity index (χ2v) is 7.32. The summed E-state index contributed by atoms with van der Waals surface area (Å²) in [5, 5.41) is 16.7. The minimum Gasteiger partial charge on any atom is -0.444 e. The molecule has 2 amide bonds. The maximum atomic E-state index is 12.4. The maximum Gasteiger partial charge on any atom is 0.410 e. The zero-order chi connectivity index (χ0) is 20.0. The molecule has 1 aliphatic heterocycles. The molecule has 9 heteroatoms. The summed E-state index contributed by atoms with van der Waals surface area (Å²) in [5.41, 5.74) is -0.238. The van der Waals surface area contributed by atoms with Crippen LogP contribution in [-0.4, -0.2) is 53.1 Å². The van der Waals surface area contributed by atoms with Crippen molar-refractivity contribution < 1.29 is 19.2 Å². The minimum absolute atomic E-state index is 0.0179. The average Bonchev–Trinajstić information content (AvgIpc) is 3.07. The van der Waals surface area contributed by atoms with Gasteiger partial charge < -0.3 is 15.4 Å². The van der Waals surface area contributed by atoms with E-state index in [1.807, 2.05) is 0 Å². The van der Waals surface area contributed by atoms with Crippen molar-refractivity contribution in [2.45, 2.75) is 45.3 Å². The van der Waals surface area contributed by atoms with E-state index in [2.05, 4.69) is 10.6 Å². The molecular weight excluding hydrogens is 352 g/mol. The molecule has 2 N–H and O–H groups in total. The summed E-state index contributed by atoms with van der Waals surface area (Å²) in [6.45, 7) is 6.44. The highest BCUT2D eigenvalue weighted by Crippen LogP contribution is 2.23. The third kappa shape index (κ3) is 5.83. The van der Waals surface area contributed by atoms with Gasteiger partial charge in [-0.05, 0) is 39.7 Å². The molecule has 2 rings (SSSR count). The Morgan fingerprint density at radius 1 is 1.30 bits per heavy atom. The molecule has 0 saturated carbocycles. The highest BCUT2D eigenvalue weighted by molar-refractivity contribution is 5.86. The number of nitrogens with one attached hydrogen (secondary N) is 2. The zero-order valence-corrected chi connectivity index (χ0v) is 15.9. The monoisotopic (exact) mass is 378 g/mol. The Balaban J connectivity index is 1.83. The van der Waals surface area contributed by atoms with E-state index in [0.29, 0.717) is 25.2 Å². The van der Waals surface area contributed by atoms with Crippen LogP contribution in [0.4, 0.5) is 16.2 Å². The molecule has 1 heterocycles. The van der Waals surface area contributed by atoms with Crippen molar-refractivity contribution in [2.24, 2.45) is 0 Å². The highest BCUT2D eigenvalue weighted by atomic mass is 16.6. The Labute approximate surface area is 158 Å². The van der Waals surface area contributed by atoms with Crippen LogP contribution in [0.15, 0.2) is 24.3 Å². The molecule has 1 unspecified atom stereocenters. The first-order chi connectivity index (χ1) is 12.7. The molecule has 0 radical (unpaired) electrons. The Bertz CT molecular complexity index is 701. The first-order valence-electron chi connectivity index (χ1n) is 8.93. The van der Waals surface area contributed by atoms with Crippen molar-refractivity contribution in [2.75, 3.05) is 25.0 Å². The number of carbonyl (C=O) groups excluding carboxylic acids is 2. The minimum atomic E-state index is -0.616. The third-order valence-electron chi connectivity index (χ3n) is 4.02. The predicted molar refractivity (Wildman–Crippen MR) is 101 cm³/mol. The first kappa shape index (κ1) is 20.5. The van der Waals surface area contributed by atoms with Crippen LogP contribution < -0.4 is 10.6 Å². The number of hydrogen-bond donors (Lipinski definition) is 2. The van der Waals surface area contributed by atoms with Crippen molar-refractivity contribution in [3.63, 3.8) is 0 Å². The molecule has 1 aliphatic rings. The fourth-order valence-corrected chi connectivity index (χ4v) is 2.86. The van der Waals surface area contributed by atoms with Crippen LogP contribution in [0, 0.1) is 10.1 Å². The zero-order valence-electron chi connectivity index (χ0n) is 15.9. The SMILES string of the molecule is CC(C)(C)OC(=O)N1CCCC1C(=O)NCCNc1ccccc1[N+](=O)[O-]. The lowest BCUT2D eigenvalue weighted by molar-refractivity contribution is -0.384. The largest absolute Gasteiger partial charge is 0.444 e. The molecule has 1 saturated heterocycles. The quantitative estimate of drug-likeness (QED) is 0.447. The van der Waals surface area contributed by atoms with E-state index < -0.39 is 22.7 Å². The number of para-hydroxylation sites is 2. The summed E-state index contributed by atoms with van der Waals surface area (Å²) in [7, 11) is 0. The van der Waals surface area contributed by atoms with Gasteiger partial charge >= 0.3 is 6.09 Å². The number of likely N-dealkylation sites (tertiary alicyclic amines) is 1. The summed E-state index contributed by atoms with van der Waals surface area (Å²) in [6, 6.07) is 5.77. The Hall–Kier alpha value is -2.84. The molecule has 9 nitrogen and oxygen atoms in total. The topological polar surface area (TPSA) is 114 Å². The number of carbonyl (C=O) groups is 2. The van der Waals surface area contributed by atoms with Gasteiger partial charge in [0, 0.05) is 25.7 Å². The Kier molecular flexibility index (Phi) is 6.59. The summed E-state index contributed by atoms with van der Waals surface area (Å²) < 4.78 is 5.35. The van der Waals surface area contributed by atoms with Crippen LogP contribution >= 0.6 is 0 Å². The second-order valence-electron chi connectivity index (χ2n) is 7.32. The summed E-state index contributed by atoms with van der Waals surface area (Å²) in [4.78, 5) is 36.6. The second kappa shape index (κ2) is 8.70. The van der Waals surface area contributed by atoms with Gasteiger partial charge in [-0.2, -0.15) is 0 Å². The van der Waals surface area contributed by atoms with Crippen LogP contribution in [-0.2, 0) is 9.53 Å². The molecule has 27 heavy (non-hydrogen) atoms. The van der Waals surface area contributed by atoms with Gasteiger partial charge in [-0.25, -0.2) is 4.79 Å². The van der Waals surface area contributed by atoms with Gasteiger partial charge in [-0.3, -0.25) is 19.8 Å². The fourth-order valence-electron chi connectivity index (χ4n) is 2.86. The van der Waals surface area contributed by atoms with E-state index in [0.717, 1.165) is 6.42 Å². The van der Waals surface area contributed by atoms with Crippen molar-refractivity contribution in [1.82, 2.24) is 10.2 Å². The molecule has 0 bridgehead atoms. The van der Waals surface area contributed by atoms with Crippen molar-refractivity contribution in [3.8, 4) is 0 Å². The van der Waals surface area contributed by atoms with Crippen molar-refractivity contribution in [1.29, 1.82) is 0 Å². The van der Waals surface area contributed by atoms with Crippen LogP contribution in [0.3, 0.4) is 0 Å². The summed E-state index contributed by atoms with van der Waals surface area (Å²) >= 11 is 0. The van der Waals surface area contributed by atoms with E-state index in [9.17, 15) is 19.7 Å². The number of nitrogens with zero attached hydrogens (tertiary/aromatic N) is 2.